The number of hydrogen-bond donors (Lipinski definition) is 2. The van der Waals surface area contributed by atoms with Crippen molar-refractivity contribution in [2.75, 3.05) is 7.11 Å². The zero-order valence-electron chi connectivity index (χ0n) is 11.9. The number of nitrogens with zero attached hydrogens (tertiary/aromatic N) is 1. The lowest BCUT2D eigenvalue weighted by Gasteiger charge is -2.10. The number of aromatic amines is 1. The normalized spacial score (nSPS) is 11.6. The Kier molecular flexibility index (Phi) is 4.55. The van der Waals surface area contributed by atoms with Crippen molar-refractivity contribution in [2.45, 2.75) is 25.3 Å². The fourth-order valence-corrected chi connectivity index (χ4v) is 3.23. The molecule has 0 fully saturated rings. The molecule has 2 N–H and O–H groups in total. The summed E-state index contributed by atoms with van der Waals surface area (Å²) in [6.07, 6.45) is 0. The average Bonchev–Trinajstić information content (AvgIpc) is 2.74. The van der Waals surface area contributed by atoms with Crippen molar-refractivity contribution >= 4 is 21.6 Å². The van der Waals surface area contributed by atoms with Gasteiger partial charge in [-0.15, -0.1) is 0 Å². The van der Waals surface area contributed by atoms with Gasteiger partial charge in [-0.25, -0.2) is 18.1 Å². The van der Waals surface area contributed by atoms with Crippen LogP contribution in [-0.2, 0) is 16.6 Å². The number of nitrogens with one attached hydrogen (secondary N) is 2. The maximum absolute atomic E-state index is 12.3. The second-order valence-corrected chi connectivity index (χ2v) is 6.69. The van der Waals surface area contributed by atoms with E-state index in [4.69, 9.17) is 16.3 Å². The standard InChI is InChI=1S/C13H16ClN3O3S/c1-8-11(17-9(2)16-8)7-15-21(18,19)13-5-4-10(14)6-12(13)20-3/h4-6,15H,7H2,1-3H3,(H,16,17). The number of H-pyrrole nitrogens is 1. The molecular weight excluding hydrogens is 314 g/mol. The molecule has 0 aliphatic rings. The van der Waals surface area contributed by atoms with Crippen LogP contribution in [0.15, 0.2) is 23.1 Å². The minimum Gasteiger partial charge on any atom is -0.495 e. The number of methoxy groups -OCH3 is 1. The largest absolute Gasteiger partial charge is 0.495 e. The highest BCUT2D eigenvalue weighted by Crippen LogP contribution is 2.27. The zero-order valence-corrected chi connectivity index (χ0v) is 13.5. The molecule has 0 spiro atoms. The van der Waals surface area contributed by atoms with Crippen molar-refractivity contribution in [1.82, 2.24) is 14.7 Å². The van der Waals surface area contributed by atoms with Crippen LogP contribution in [0.25, 0.3) is 0 Å². The summed E-state index contributed by atoms with van der Waals surface area (Å²) in [5.74, 6) is 0.940. The Hall–Kier alpha value is -1.57. The summed E-state index contributed by atoms with van der Waals surface area (Å²) < 4.78 is 32.3. The fourth-order valence-electron chi connectivity index (χ4n) is 1.93. The molecule has 1 heterocycles. The molecule has 0 amide bonds. The van der Waals surface area contributed by atoms with Crippen LogP contribution < -0.4 is 9.46 Å². The van der Waals surface area contributed by atoms with E-state index in [1.54, 1.807) is 0 Å². The van der Waals surface area contributed by atoms with Crippen LogP contribution >= 0.6 is 11.6 Å². The summed E-state index contributed by atoms with van der Waals surface area (Å²) in [5, 5.41) is 0.407. The fraction of sp³-hybridized carbons (Fsp3) is 0.308. The van der Waals surface area contributed by atoms with E-state index < -0.39 is 10.0 Å². The number of ether oxygens (including phenoxy) is 1. The van der Waals surface area contributed by atoms with Crippen LogP contribution in [0.1, 0.15) is 17.2 Å². The van der Waals surface area contributed by atoms with Crippen LogP contribution in [-0.4, -0.2) is 25.5 Å². The molecule has 0 saturated heterocycles. The first-order chi connectivity index (χ1) is 9.83. The van der Waals surface area contributed by atoms with Gasteiger partial charge in [-0.2, -0.15) is 0 Å². The van der Waals surface area contributed by atoms with E-state index in [-0.39, 0.29) is 17.2 Å². The predicted octanol–water partition coefficient (Wildman–Crippen LogP) is 2.17. The summed E-state index contributed by atoms with van der Waals surface area (Å²) in [7, 11) is -2.32. The van der Waals surface area contributed by atoms with Gasteiger partial charge in [-0.3, -0.25) is 0 Å². The third kappa shape index (κ3) is 3.55. The van der Waals surface area contributed by atoms with Crippen molar-refractivity contribution in [3.05, 3.63) is 40.4 Å². The molecule has 0 radical (unpaired) electrons. The molecule has 2 rings (SSSR count). The van der Waals surface area contributed by atoms with E-state index in [0.717, 1.165) is 11.5 Å². The smallest absolute Gasteiger partial charge is 0.244 e. The molecule has 0 atom stereocenters. The molecule has 6 nitrogen and oxygen atoms in total. The second kappa shape index (κ2) is 6.05. The lowest BCUT2D eigenvalue weighted by Crippen LogP contribution is -2.24. The Morgan fingerprint density at radius 2 is 2.10 bits per heavy atom. The molecule has 8 heteroatoms. The highest BCUT2D eigenvalue weighted by atomic mass is 35.5. The molecule has 1 aromatic heterocycles. The van der Waals surface area contributed by atoms with Crippen LogP contribution in [0.3, 0.4) is 0 Å². The third-order valence-corrected chi connectivity index (χ3v) is 4.62. The molecule has 0 aliphatic heterocycles. The molecule has 2 aromatic rings. The Morgan fingerprint density at radius 3 is 2.67 bits per heavy atom. The van der Waals surface area contributed by atoms with Gasteiger partial charge >= 0.3 is 0 Å². The van der Waals surface area contributed by atoms with E-state index in [1.807, 2.05) is 13.8 Å². The van der Waals surface area contributed by atoms with E-state index in [2.05, 4.69) is 14.7 Å². The summed E-state index contributed by atoms with van der Waals surface area (Å²) in [4.78, 5) is 7.30. The van der Waals surface area contributed by atoms with E-state index in [9.17, 15) is 8.42 Å². The lowest BCUT2D eigenvalue weighted by molar-refractivity contribution is 0.402. The van der Waals surface area contributed by atoms with Crippen molar-refractivity contribution < 1.29 is 13.2 Å². The van der Waals surface area contributed by atoms with Gasteiger partial charge in [-0.1, -0.05) is 11.6 Å². The average molecular weight is 330 g/mol. The number of halogens is 1. The third-order valence-electron chi connectivity index (χ3n) is 2.95. The first kappa shape index (κ1) is 15.8. The summed E-state index contributed by atoms with van der Waals surface area (Å²) in [6.45, 7) is 3.75. The zero-order chi connectivity index (χ0) is 15.6. The van der Waals surface area contributed by atoms with Crippen LogP contribution in [0.4, 0.5) is 0 Å². The number of sulfonamides is 1. The van der Waals surface area contributed by atoms with Gasteiger partial charge in [0.25, 0.3) is 0 Å². The lowest BCUT2D eigenvalue weighted by atomic mass is 10.3. The van der Waals surface area contributed by atoms with Gasteiger partial charge < -0.3 is 9.72 Å². The molecule has 0 saturated carbocycles. The highest BCUT2D eigenvalue weighted by Gasteiger charge is 2.20. The van der Waals surface area contributed by atoms with Gasteiger partial charge in [-0.05, 0) is 26.0 Å². The van der Waals surface area contributed by atoms with E-state index >= 15 is 0 Å². The molecule has 1 aromatic carbocycles. The number of imidazole rings is 1. The van der Waals surface area contributed by atoms with Crippen molar-refractivity contribution in [3.63, 3.8) is 0 Å². The SMILES string of the molecule is COc1cc(Cl)ccc1S(=O)(=O)NCc1nc(C)[nH]c1C. The molecule has 21 heavy (non-hydrogen) atoms. The van der Waals surface area contributed by atoms with Gasteiger partial charge in [0.05, 0.1) is 19.3 Å². The second-order valence-electron chi connectivity index (χ2n) is 4.51. The number of hydrogen-bond acceptors (Lipinski definition) is 4. The first-order valence-electron chi connectivity index (χ1n) is 6.19. The first-order valence-corrected chi connectivity index (χ1v) is 8.05. The maximum atomic E-state index is 12.3. The number of benzene rings is 1. The van der Waals surface area contributed by atoms with Crippen molar-refractivity contribution in [3.8, 4) is 5.75 Å². The molecule has 114 valence electrons. The van der Waals surface area contributed by atoms with Crippen LogP contribution in [0.2, 0.25) is 5.02 Å². The van der Waals surface area contributed by atoms with Gasteiger partial charge in [0, 0.05) is 16.8 Å². The summed E-state index contributed by atoms with van der Waals surface area (Å²) in [6, 6.07) is 4.37. The minimum atomic E-state index is -3.71. The molecular formula is C13H16ClN3O3S. The Balaban J connectivity index is 2.25. The Labute approximate surface area is 128 Å². The number of rotatable bonds is 5. The predicted molar refractivity (Wildman–Crippen MR) is 80.1 cm³/mol. The summed E-state index contributed by atoms with van der Waals surface area (Å²) in [5.41, 5.74) is 1.49. The monoisotopic (exact) mass is 329 g/mol. The van der Waals surface area contributed by atoms with E-state index in [1.165, 1.54) is 25.3 Å². The molecule has 0 aliphatic carbocycles. The minimum absolute atomic E-state index is 0.0410. The molecule has 0 unspecified atom stereocenters. The summed E-state index contributed by atoms with van der Waals surface area (Å²) >= 11 is 5.83. The quantitative estimate of drug-likeness (QED) is 0.880. The van der Waals surface area contributed by atoms with Gasteiger partial charge in [0.2, 0.25) is 10.0 Å². The van der Waals surface area contributed by atoms with E-state index in [0.29, 0.717) is 10.7 Å². The number of aromatic nitrogens is 2. The Morgan fingerprint density at radius 1 is 1.38 bits per heavy atom. The highest BCUT2D eigenvalue weighted by molar-refractivity contribution is 7.89. The Bertz CT molecular complexity index is 756. The van der Waals surface area contributed by atoms with Crippen LogP contribution in [0, 0.1) is 13.8 Å². The van der Waals surface area contributed by atoms with Gasteiger partial charge in [0.1, 0.15) is 16.5 Å². The number of aryl methyl sites for hydroxylation is 2. The van der Waals surface area contributed by atoms with Gasteiger partial charge in [0.15, 0.2) is 0 Å². The van der Waals surface area contributed by atoms with Crippen LogP contribution in [0.5, 0.6) is 5.75 Å². The van der Waals surface area contributed by atoms with Crippen molar-refractivity contribution in [2.24, 2.45) is 0 Å². The maximum Gasteiger partial charge on any atom is 0.244 e. The topological polar surface area (TPSA) is 84.1 Å². The van der Waals surface area contributed by atoms with Crippen molar-refractivity contribution in [1.29, 1.82) is 0 Å². The molecule has 0 bridgehead atoms.